The van der Waals surface area contributed by atoms with E-state index in [0.29, 0.717) is 6.61 Å². The summed E-state index contributed by atoms with van der Waals surface area (Å²) in [4.78, 5) is 0. The third-order valence-corrected chi connectivity index (χ3v) is 2.96. The Morgan fingerprint density at radius 1 is 1.56 bits per heavy atom. The molecule has 1 aromatic rings. The van der Waals surface area contributed by atoms with Crippen LogP contribution in [-0.4, -0.2) is 11.7 Å². The van der Waals surface area contributed by atoms with Gasteiger partial charge in [0.1, 0.15) is 5.75 Å². The molecule has 1 aromatic carbocycles. The highest BCUT2D eigenvalue weighted by Gasteiger charge is 2.20. The highest BCUT2D eigenvalue weighted by atomic mass is 16.5. The van der Waals surface area contributed by atoms with Crippen molar-refractivity contribution < 1.29 is 9.84 Å². The topological polar surface area (TPSA) is 29.5 Å². The van der Waals surface area contributed by atoms with Crippen molar-refractivity contribution in [2.24, 2.45) is 0 Å². The third kappa shape index (κ3) is 2.45. The Kier molecular flexibility index (Phi) is 3.30. The van der Waals surface area contributed by atoms with Crippen molar-refractivity contribution in [2.75, 3.05) is 6.61 Å². The van der Waals surface area contributed by atoms with Crippen LogP contribution in [0.2, 0.25) is 0 Å². The van der Waals surface area contributed by atoms with E-state index >= 15 is 0 Å². The van der Waals surface area contributed by atoms with Crippen LogP contribution in [0.4, 0.5) is 0 Å². The number of fused-ring (bicyclic) bond motifs is 1. The molecule has 0 radical (unpaired) electrons. The Labute approximate surface area is 96.6 Å². The van der Waals surface area contributed by atoms with Gasteiger partial charge in [-0.3, -0.25) is 0 Å². The molecule has 1 aliphatic carbocycles. The Morgan fingerprint density at radius 3 is 3.12 bits per heavy atom. The summed E-state index contributed by atoms with van der Waals surface area (Å²) >= 11 is 0. The minimum Gasteiger partial charge on any atom is -0.493 e. The van der Waals surface area contributed by atoms with Gasteiger partial charge in [0.05, 0.1) is 12.7 Å². The van der Waals surface area contributed by atoms with E-state index in [-0.39, 0.29) is 6.10 Å². The van der Waals surface area contributed by atoms with Crippen LogP contribution in [0.15, 0.2) is 30.4 Å². The molecule has 0 saturated heterocycles. The second kappa shape index (κ2) is 4.71. The van der Waals surface area contributed by atoms with Crippen molar-refractivity contribution in [3.63, 3.8) is 0 Å². The summed E-state index contributed by atoms with van der Waals surface area (Å²) in [6.07, 6.45) is 2.40. The number of aliphatic hydroxyl groups excluding tert-OH is 1. The third-order valence-electron chi connectivity index (χ3n) is 2.96. The molecule has 0 aromatic heterocycles. The lowest BCUT2D eigenvalue weighted by Crippen LogP contribution is -1.98. The van der Waals surface area contributed by atoms with E-state index in [0.717, 1.165) is 36.1 Å². The van der Waals surface area contributed by atoms with Gasteiger partial charge in [-0.2, -0.15) is 0 Å². The number of hydrogen-bond donors (Lipinski definition) is 1. The Morgan fingerprint density at radius 2 is 2.38 bits per heavy atom. The lowest BCUT2D eigenvalue weighted by molar-refractivity contribution is 0.180. The average molecular weight is 218 g/mol. The number of ether oxygens (including phenoxy) is 1. The SMILES string of the molecule is C=C(C)CCOc1ccc2c(c1)CC[C@H]2O. The molecule has 16 heavy (non-hydrogen) atoms. The summed E-state index contributed by atoms with van der Waals surface area (Å²) in [6.45, 7) is 6.52. The van der Waals surface area contributed by atoms with E-state index in [9.17, 15) is 5.11 Å². The van der Waals surface area contributed by atoms with Gasteiger partial charge in [0.25, 0.3) is 0 Å². The Balaban J connectivity index is 1.99. The molecular weight excluding hydrogens is 200 g/mol. The molecule has 2 rings (SSSR count). The molecule has 86 valence electrons. The quantitative estimate of drug-likeness (QED) is 0.787. The predicted octanol–water partition coefficient (Wildman–Crippen LogP) is 3.01. The molecule has 0 bridgehead atoms. The standard InChI is InChI=1S/C14H18O2/c1-10(2)7-8-16-12-4-5-13-11(9-12)3-6-14(13)15/h4-5,9,14-15H,1,3,6-8H2,2H3/t14-/m1/s1. The zero-order valence-electron chi connectivity index (χ0n) is 9.70. The van der Waals surface area contributed by atoms with Crippen LogP contribution in [0.1, 0.15) is 37.0 Å². The van der Waals surface area contributed by atoms with Crippen molar-refractivity contribution in [1.82, 2.24) is 0 Å². The molecule has 1 atom stereocenters. The molecule has 2 nitrogen and oxygen atoms in total. The molecule has 0 spiro atoms. The minimum atomic E-state index is -0.278. The van der Waals surface area contributed by atoms with Crippen LogP contribution >= 0.6 is 0 Å². The fourth-order valence-electron chi connectivity index (χ4n) is 2.00. The van der Waals surface area contributed by atoms with Crippen LogP contribution < -0.4 is 4.74 Å². The van der Waals surface area contributed by atoms with Crippen LogP contribution in [-0.2, 0) is 6.42 Å². The van der Waals surface area contributed by atoms with Crippen LogP contribution in [0.5, 0.6) is 5.75 Å². The van der Waals surface area contributed by atoms with Crippen LogP contribution in [0.3, 0.4) is 0 Å². The summed E-state index contributed by atoms with van der Waals surface area (Å²) in [5.74, 6) is 0.897. The van der Waals surface area contributed by atoms with Crippen LogP contribution in [0.25, 0.3) is 0 Å². The van der Waals surface area contributed by atoms with Gasteiger partial charge < -0.3 is 9.84 Å². The summed E-state index contributed by atoms with van der Waals surface area (Å²) in [5.41, 5.74) is 3.42. The average Bonchev–Trinajstić information content (AvgIpc) is 2.60. The second-order valence-corrected chi connectivity index (χ2v) is 4.47. The summed E-state index contributed by atoms with van der Waals surface area (Å²) < 4.78 is 5.63. The Hall–Kier alpha value is -1.28. The van der Waals surface area contributed by atoms with Gasteiger partial charge in [0, 0.05) is 6.42 Å². The molecule has 1 N–H and O–H groups in total. The predicted molar refractivity (Wildman–Crippen MR) is 64.6 cm³/mol. The van der Waals surface area contributed by atoms with Crippen molar-refractivity contribution >= 4 is 0 Å². The zero-order valence-corrected chi connectivity index (χ0v) is 9.70. The first-order chi connectivity index (χ1) is 7.66. The fourth-order valence-corrected chi connectivity index (χ4v) is 2.00. The molecule has 0 unspecified atom stereocenters. The first kappa shape index (κ1) is 11.2. The smallest absolute Gasteiger partial charge is 0.119 e. The first-order valence-corrected chi connectivity index (χ1v) is 5.75. The van der Waals surface area contributed by atoms with Gasteiger partial charge in [-0.05, 0) is 43.0 Å². The first-order valence-electron chi connectivity index (χ1n) is 5.75. The molecular formula is C14H18O2. The molecule has 0 amide bonds. The largest absolute Gasteiger partial charge is 0.493 e. The maximum absolute atomic E-state index is 9.67. The van der Waals surface area contributed by atoms with E-state index in [1.807, 2.05) is 25.1 Å². The van der Waals surface area contributed by atoms with E-state index in [1.54, 1.807) is 0 Å². The van der Waals surface area contributed by atoms with Gasteiger partial charge in [0.15, 0.2) is 0 Å². The van der Waals surface area contributed by atoms with Gasteiger partial charge >= 0.3 is 0 Å². The van der Waals surface area contributed by atoms with Crippen molar-refractivity contribution in [3.8, 4) is 5.75 Å². The molecule has 2 heteroatoms. The lowest BCUT2D eigenvalue weighted by Gasteiger charge is -2.08. The lowest BCUT2D eigenvalue weighted by atomic mass is 10.1. The molecule has 0 fully saturated rings. The van der Waals surface area contributed by atoms with Crippen LogP contribution in [0, 0.1) is 0 Å². The molecule has 1 aliphatic rings. The number of benzene rings is 1. The van der Waals surface area contributed by atoms with Crippen molar-refractivity contribution in [3.05, 3.63) is 41.5 Å². The molecule has 0 heterocycles. The van der Waals surface area contributed by atoms with Gasteiger partial charge in [-0.25, -0.2) is 0 Å². The second-order valence-electron chi connectivity index (χ2n) is 4.47. The summed E-state index contributed by atoms with van der Waals surface area (Å²) in [7, 11) is 0. The van der Waals surface area contributed by atoms with Crippen molar-refractivity contribution in [2.45, 2.75) is 32.3 Å². The fraction of sp³-hybridized carbons (Fsp3) is 0.429. The number of aryl methyl sites for hydroxylation is 1. The van der Waals surface area contributed by atoms with E-state index < -0.39 is 0 Å². The van der Waals surface area contributed by atoms with Gasteiger partial charge in [-0.15, -0.1) is 6.58 Å². The van der Waals surface area contributed by atoms with Gasteiger partial charge in [-0.1, -0.05) is 11.6 Å². The zero-order chi connectivity index (χ0) is 11.5. The number of aliphatic hydroxyl groups is 1. The van der Waals surface area contributed by atoms with Crippen molar-refractivity contribution in [1.29, 1.82) is 0 Å². The van der Waals surface area contributed by atoms with E-state index in [1.165, 1.54) is 5.56 Å². The maximum atomic E-state index is 9.67. The van der Waals surface area contributed by atoms with Gasteiger partial charge in [0.2, 0.25) is 0 Å². The van der Waals surface area contributed by atoms with E-state index in [4.69, 9.17) is 4.74 Å². The monoisotopic (exact) mass is 218 g/mol. The highest BCUT2D eigenvalue weighted by molar-refractivity contribution is 5.39. The van der Waals surface area contributed by atoms with E-state index in [2.05, 4.69) is 6.58 Å². The minimum absolute atomic E-state index is 0.278. The maximum Gasteiger partial charge on any atom is 0.119 e. The summed E-state index contributed by atoms with van der Waals surface area (Å²) in [5, 5.41) is 9.67. The molecule has 0 aliphatic heterocycles. The summed E-state index contributed by atoms with van der Waals surface area (Å²) in [6, 6.07) is 5.96. The molecule has 0 saturated carbocycles. The number of hydrogen-bond acceptors (Lipinski definition) is 2. The number of rotatable bonds is 4. The normalized spacial score (nSPS) is 18.2. The highest BCUT2D eigenvalue weighted by Crippen LogP contribution is 2.33. The Bertz CT molecular complexity index is 396.